The second kappa shape index (κ2) is 4.47. The fourth-order valence-corrected chi connectivity index (χ4v) is 4.63. The molecule has 1 nitrogen and oxygen atoms in total. The van der Waals surface area contributed by atoms with Gasteiger partial charge in [0.2, 0.25) is 0 Å². The van der Waals surface area contributed by atoms with Crippen LogP contribution in [0, 0.1) is 0 Å². The van der Waals surface area contributed by atoms with E-state index < -0.39 is 18.4 Å². The van der Waals surface area contributed by atoms with Gasteiger partial charge in [0.25, 0.3) is 0 Å². The maximum atomic E-state index is 8.76. The molecule has 0 spiro atoms. The Labute approximate surface area is 84.7 Å². The van der Waals surface area contributed by atoms with Gasteiger partial charge >= 0.3 is 84.7 Å². The van der Waals surface area contributed by atoms with Gasteiger partial charge in [0.1, 0.15) is 0 Å². The zero-order valence-electron chi connectivity index (χ0n) is 8.67. The first-order valence-electron chi connectivity index (χ1n) is 4.74. The molecule has 0 amide bonds. The Morgan fingerprint density at radius 1 is 1.08 bits per heavy atom. The van der Waals surface area contributed by atoms with Crippen molar-refractivity contribution in [1.29, 1.82) is 0 Å². The van der Waals surface area contributed by atoms with E-state index in [1.807, 2.05) is 0 Å². The van der Waals surface area contributed by atoms with Crippen LogP contribution in [0.4, 0.5) is 0 Å². The van der Waals surface area contributed by atoms with Crippen LogP contribution in [0.15, 0.2) is 24.3 Å². The second-order valence-electron chi connectivity index (χ2n) is 4.42. The van der Waals surface area contributed by atoms with Gasteiger partial charge in [-0.25, -0.2) is 0 Å². The maximum absolute atomic E-state index is 8.76. The molecule has 2 heteroatoms. The van der Waals surface area contributed by atoms with Gasteiger partial charge in [-0.3, -0.25) is 0 Å². The van der Waals surface area contributed by atoms with E-state index in [0.29, 0.717) is 0 Å². The summed E-state index contributed by atoms with van der Waals surface area (Å²) in [5, 5.41) is 8.76. The van der Waals surface area contributed by atoms with Crippen molar-refractivity contribution in [2.75, 3.05) is 6.61 Å². The van der Waals surface area contributed by atoms with Crippen molar-refractivity contribution in [2.45, 2.75) is 21.2 Å². The van der Waals surface area contributed by atoms with Crippen LogP contribution in [0.2, 0.25) is 14.8 Å². The zero-order valence-corrected chi connectivity index (χ0v) is 11.5. The van der Waals surface area contributed by atoms with Gasteiger partial charge in [-0.2, -0.15) is 0 Å². The molecule has 0 aromatic heterocycles. The van der Waals surface area contributed by atoms with Crippen molar-refractivity contribution in [3.05, 3.63) is 29.8 Å². The van der Waals surface area contributed by atoms with Crippen LogP contribution in [-0.2, 0) is 6.42 Å². The predicted molar refractivity (Wildman–Crippen MR) is 60.2 cm³/mol. The molecule has 0 unspecified atom stereocenters. The molecule has 0 aliphatic rings. The quantitative estimate of drug-likeness (QED) is 0.839. The van der Waals surface area contributed by atoms with Crippen LogP contribution in [0.1, 0.15) is 5.56 Å². The van der Waals surface area contributed by atoms with Gasteiger partial charge in [0.05, 0.1) is 0 Å². The Morgan fingerprint density at radius 2 is 1.62 bits per heavy atom. The van der Waals surface area contributed by atoms with Crippen LogP contribution in [-0.4, -0.2) is 30.1 Å². The molecule has 72 valence electrons. The first-order chi connectivity index (χ1) is 6.04. The van der Waals surface area contributed by atoms with Crippen molar-refractivity contribution < 1.29 is 5.11 Å². The summed E-state index contributed by atoms with van der Waals surface area (Å²) in [5.41, 5.74) is 1.24. The monoisotopic (exact) mass is 286 g/mol. The van der Waals surface area contributed by atoms with Crippen molar-refractivity contribution in [3.63, 3.8) is 0 Å². The molecule has 0 atom stereocenters. The molecule has 0 radical (unpaired) electrons. The standard InChI is InChI=1S/C8H9O.3CH3.Sn/c9-7-6-8-4-2-1-3-5-8;;;;/h2-5,9H,6-7H2;3*1H3;. The number of benzene rings is 1. The molecule has 0 saturated heterocycles. The van der Waals surface area contributed by atoms with Gasteiger partial charge < -0.3 is 0 Å². The van der Waals surface area contributed by atoms with E-state index in [2.05, 4.69) is 39.1 Å². The van der Waals surface area contributed by atoms with Crippen molar-refractivity contribution in [2.24, 2.45) is 0 Å². The second-order valence-corrected chi connectivity index (χ2v) is 18.9. The molecular formula is C11H18OSn. The molecule has 1 aromatic rings. The Balaban J connectivity index is 2.81. The SMILES string of the molecule is [CH3][Sn]([CH3])([CH3])[c]1ccc(CCO)cc1. The molecule has 0 aliphatic heterocycles. The van der Waals surface area contributed by atoms with Crippen LogP contribution >= 0.6 is 0 Å². The third-order valence-electron chi connectivity index (χ3n) is 2.22. The van der Waals surface area contributed by atoms with E-state index in [4.69, 9.17) is 5.11 Å². The Morgan fingerprint density at radius 3 is 2.00 bits per heavy atom. The fourth-order valence-electron chi connectivity index (χ4n) is 1.30. The van der Waals surface area contributed by atoms with Crippen molar-refractivity contribution in [1.82, 2.24) is 0 Å². The van der Waals surface area contributed by atoms with Crippen LogP contribution < -0.4 is 3.58 Å². The van der Waals surface area contributed by atoms with Crippen LogP contribution in [0.3, 0.4) is 0 Å². The van der Waals surface area contributed by atoms with Crippen molar-refractivity contribution in [3.8, 4) is 0 Å². The Hall–Kier alpha value is -0.0213. The summed E-state index contributed by atoms with van der Waals surface area (Å²) >= 11 is -1.84. The first kappa shape index (κ1) is 11.1. The van der Waals surface area contributed by atoms with E-state index in [-0.39, 0.29) is 6.61 Å². The van der Waals surface area contributed by atoms with E-state index in [9.17, 15) is 0 Å². The summed E-state index contributed by atoms with van der Waals surface area (Å²) in [6.07, 6.45) is 0.778. The molecule has 1 N–H and O–H groups in total. The number of hydrogen-bond donors (Lipinski definition) is 1. The van der Waals surface area contributed by atoms with Crippen LogP contribution in [0.25, 0.3) is 0 Å². The third kappa shape index (κ3) is 3.31. The van der Waals surface area contributed by atoms with E-state index in [1.165, 1.54) is 5.56 Å². The normalized spacial score (nSPS) is 11.7. The zero-order chi connectivity index (χ0) is 9.90. The fraction of sp³-hybridized carbons (Fsp3) is 0.455. The summed E-state index contributed by atoms with van der Waals surface area (Å²) in [6.45, 7) is 0.248. The van der Waals surface area contributed by atoms with Gasteiger partial charge in [0.15, 0.2) is 0 Å². The topological polar surface area (TPSA) is 20.2 Å². The van der Waals surface area contributed by atoms with Crippen LogP contribution in [0.5, 0.6) is 0 Å². The molecule has 0 bridgehead atoms. The summed E-state index contributed by atoms with van der Waals surface area (Å²) in [5.74, 6) is 0. The number of aliphatic hydroxyl groups excluding tert-OH is 1. The minimum absolute atomic E-state index is 0.248. The van der Waals surface area contributed by atoms with E-state index in [0.717, 1.165) is 6.42 Å². The number of hydrogen-bond acceptors (Lipinski definition) is 1. The summed E-state index contributed by atoms with van der Waals surface area (Å²) in [7, 11) is 0. The molecule has 1 aromatic carbocycles. The number of aliphatic hydroxyl groups is 1. The molecular weight excluding hydrogens is 267 g/mol. The minimum atomic E-state index is -1.84. The molecule has 0 saturated carbocycles. The molecule has 13 heavy (non-hydrogen) atoms. The third-order valence-corrected chi connectivity index (χ3v) is 8.12. The Bertz CT molecular complexity index is 258. The first-order valence-corrected chi connectivity index (χ1v) is 14.7. The van der Waals surface area contributed by atoms with Crippen molar-refractivity contribution >= 4 is 22.0 Å². The van der Waals surface area contributed by atoms with Gasteiger partial charge in [0, 0.05) is 0 Å². The molecule has 0 fully saturated rings. The average Bonchev–Trinajstić information content (AvgIpc) is 2.04. The summed E-state index contributed by atoms with van der Waals surface area (Å²) in [4.78, 5) is 7.24. The Kier molecular flexibility index (Phi) is 3.80. The summed E-state index contributed by atoms with van der Waals surface area (Å²) < 4.78 is 1.55. The molecule has 0 aliphatic carbocycles. The van der Waals surface area contributed by atoms with Gasteiger partial charge in [-0.1, -0.05) is 0 Å². The van der Waals surface area contributed by atoms with Gasteiger partial charge in [-0.15, -0.1) is 0 Å². The van der Waals surface area contributed by atoms with Gasteiger partial charge in [-0.05, 0) is 0 Å². The average molecular weight is 285 g/mol. The predicted octanol–water partition coefficient (Wildman–Crippen LogP) is 1.77. The molecule has 1 rings (SSSR count). The molecule has 0 heterocycles. The summed E-state index contributed by atoms with van der Waals surface area (Å²) in [6, 6.07) is 8.77. The number of rotatable bonds is 3. The van der Waals surface area contributed by atoms with E-state index in [1.54, 1.807) is 3.58 Å². The van der Waals surface area contributed by atoms with E-state index >= 15 is 0 Å².